The van der Waals surface area contributed by atoms with E-state index in [0.717, 1.165) is 12.8 Å². The number of allylic oxidation sites excluding steroid dienone is 8. The average Bonchev–Trinajstić information content (AvgIpc) is 2.83. The van der Waals surface area contributed by atoms with Crippen LogP contribution in [-0.4, -0.2) is 5.43 Å². The molecule has 0 N–H and O–H groups in total. The summed E-state index contributed by atoms with van der Waals surface area (Å²) >= 11 is 1.74. The third-order valence-electron chi connectivity index (χ3n) is 1.17. The van der Waals surface area contributed by atoms with Gasteiger partial charge in [0, 0.05) is 0 Å². The SMILES string of the molecule is C[Si](C)=[Zr].[C-]1=CC=CC1.[C-]1=CC=CC1.[H-]. The Kier molecular flexibility index (Phi) is 11.2. The van der Waals surface area contributed by atoms with Crippen molar-refractivity contribution in [2.24, 2.45) is 0 Å². The van der Waals surface area contributed by atoms with Gasteiger partial charge in [0.25, 0.3) is 0 Å². The topological polar surface area (TPSA) is 0 Å². The molecule has 14 heavy (non-hydrogen) atoms. The summed E-state index contributed by atoms with van der Waals surface area (Å²) in [5.41, 5.74) is 0.210. The van der Waals surface area contributed by atoms with Crippen LogP contribution in [0, 0.1) is 12.2 Å². The molecular formula is C12H17SiZr-3. The number of hydrogen-bond donors (Lipinski definition) is 0. The van der Waals surface area contributed by atoms with E-state index in [9.17, 15) is 0 Å². The van der Waals surface area contributed by atoms with Crippen LogP contribution in [0.3, 0.4) is 0 Å². The molecule has 0 aromatic heterocycles. The van der Waals surface area contributed by atoms with Crippen molar-refractivity contribution < 1.29 is 24.8 Å². The fraction of sp³-hybridized carbons (Fsp3) is 0.333. The molecule has 0 nitrogen and oxygen atoms in total. The Morgan fingerprint density at radius 1 is 1.07 bits per heavy atom. The molecule has 2 aliphatic carbocycles. The molecular weight excluding hydrogens is 263 g/mol. The first-order chi connectivity index (χ1) is 6.73. The number of hydrogen-bond acceptors (Lipinski definition) is 0. The van der Waals surface area contributed by atoms with E-state index in [-0.39, 0.29) is 6.86 Å². The molecule has 0 aromatic carbocycles. The van der Waals surface area contributed by atoms with Crippen molar-refractivity contribution in [3.63, 3.8) is 0 Å². The summed E-state index contributed by atoms with van der Waals surface area (Å²) in [6.07, 6.45) is 20.0. The minimum absolute atomic E-state index is 0. The van der Waals surface area contributed by atoms with Crippen LogP contribution in [0.5, 0.6) is 0 Å². The van der Waals surface area contributed by atoms with E-state index in [1.54, 1.807) is 23.3 Å². The Morgan fingerprint density at radius 2 is 1.43 bits per heavy atom. The minimum Gasteiger partial charge on any atom is -1.00 e. The molecule has 76 valence electrons. The van der Waals surface area contributed by atoms with Crippen LogP contribution >= 0.6 is 0 Å². The van der Waals surface area contributed by atoms with Crippen LogP contribution in [-0.2, 0) is 23.3 Å². The third-order valence-corrected chi connectivity index (χ3v) is 1.17. The molecule has 2 aliphatic rings. The van der Waals surface area contributed by atoms with Crippen molar-refractivity contribution in [1.82, 2.24) is 0 Å². The molecule has 0 atom stereocenters. The summed E-state index contributed by atoms with van der Waals surface area (Å²) in [5.74, 6) is 0. The molecule has 0 saturated carbocycles. The first kappa shape index (κ1) is 14.1. The van der Waals surface area contributed by atoms with Gasteiger partial charge in [-0.1, -0.05) is 0 Å². The van der Waals surface area contributed by atoms with Gasteiger partial charge in [0.15, 0.2) is 0 Å². The van der Waals surface area contributed by atoms with Crippen molar-refractivity contribution in [3.8, 4) is 0 Å². The first-order valence-electron chi connectivity index (χ1n) is 4.68. The smallest absolute Gasteiger partial charge is 0.109 e. The predicted molar refractivity (Wildman–Crippen MR) is 61.7 cm³/mol. The summed E-state index contributed by atoms with van der Waals surface area (Å²) in [7, 11) is 0. The largest absolute Gasteiger partial charge is 1.00 e. The predicted octanol–water partition coefficient (Wildman–Crippen LogP) is 3.51. The van der Waals surface area contributed by atoms with Crippen molar-refractivity contribution in [2.75, 3.05) is 0 Å². The van der Waals surface area contributed by atoms with Crippen molar-refractivity contribution >= 4 is 5.43 Å². The van der Waals surface area contributed by atoms with E-state index in [1.807, 2.05) is 24.3 Å². The molecule has 0 aromatic rings. The van der Waals surface area contributed by atoms with Crippen LogP contribution in [0.1, 0.15) is 14.3 Å². The van der Waals surface area contributed by atoms with E-state index >= 15 is 0 Å². The van der Waals surface area contributed by atoms with Gasteiger partial charge in [-0.15, -0.1) is 12.8 Å². The van der Waals surface area contributed by atoms with Crippen LogP contribution in [0.15, 0.2) is 36.5 Å². The first-order valence-corrected chi connectivity index (χ1v) is 10.9. The third kappa shape index (κ3) is 14.6. The second kappa shape index (κ2) is 11.1. The fourth-order valence-corrected chi connectivity index (χ4v) is 0.680. The monoisotopic (exact) mass is 279 g/mol. The van der Waals surface area contributed by atoms with Crippen LogP contribution in [0.25, 0.3) is 0 Å². The minimum atomic E-state index is 0. The average molecular weight is 281 g/mol. The van der Waals surface area contributed by atoms with E-state index in [1.165, 1.54) is 0 Å². The maximum absolute atomic E-state index is 2.99. The van der Waals surface area contributed by atoms with Crippen LogP contribution < -0.4 is 0 Å². The molecule has 0 amide bonds. The quantitative estimate of drug-likeness (QED) is 0.470. The molecule has 0 radical (unpaired) electrons. The summed E-state index contributed by atoms with van der Waals surface area (Å²) in [6, 6.07) is 0. The van der Waals surface area contributed by atoms with E-state index in [2.05, 4.69) is 37.4 Å². The maximum Gasteiger partial charge on any atom is -0.109 e. The summed E-state index contributed by atoms with van der Waals surface area (Å²) in [6.45, 7) is 4.62. The van der Waals surface area contributed by atoms with E-state index < -0.39 is 0 Å². The molecule has 0 unspecified atom stereocenters. The second-order valence-corrected chi connectivity index (χ2v) is 12.4. The van der Waals surface area contributed by atoms with E-state index in [4.69, 9.17) is 0 Å². The Bertz CT molecular complexity index is 219. The van der Waals surface area contributed by atoms with Gasteiger partial charge in [0.05, 0.1) is 0 Å². The molecule has 2 rings (SSSR count). The normalized spacial score (nSPS) is 14.4. The molecule has 0 bridgehead atoms. The summed E-state index contributed by atoms with van der Waals surface area (Å²) in [5, 5.41) is 0. The Labute approximate surface area is 104 Å². The van der Waals surface area contributed by atoms with Gasteiger partial charge < -0.3 is 1.43 Å². The van der Waals surface area contributed by atoms with Crippen molar-refractivity contribution in [1.29, 1.82) is 0 Å². The van der Waals surface area contributed by atoms with Crippen LogP contribution in [0.2, 0.25) is 13.1 Å². The zero-order chi connectivity index (χ0) is 10.6. The van der Waals surface area contributed by atoms with Gasteiger partial charge in [-0.2, -0.15) is 12.2 Å². The van der Waals surface area contributed by atoms with Gasteiger partial charge in [0.1, 0.15) is 0 Å². The molecule has 0 aliphatic heterocycles. The Balaban J connectivity index is 0. The summed E-state index contributed by atoms with van der Waals surface area (Å²) < 4.78 is 0. The Morgan fingerprint density at radius 3 is 1.50 bits per heavy atom. The van der Waals surface area contributed by atoms with Gasteiger partial charge in [0.2, 0.25) is 0 Å². The van der Waals surface area contributed by atoms with Crippen molar-refractivity contribution in [3.05, 3.63) is 48.6 Å². The van der Waals surface area contributed by atoms with Gasteiger partial charge in [-0.3, -0.25) is 12.2 Å². The fourth-order valence-electron chi connectivity index (χ4n) is 0.680. The van der Waals surface area contributed by atoms with Gasteiger partial charge in [-0.05, 0) is 0 Å². The zero-order valence-electron chi connectivity index (χ0n) is 9.88. The Hall–Kier alpha value is 0.0600. The summed E-state index contributed by atoms with van der Waals surface area (Å²) in [4.78, 5) is 0. The van der Waals surface area contributed by atoms with Gasteiger partial charge >= 0.3 is 41.9 Å². The number of rotatable bonds is 0. The second-order valence-electron chi connectivity index (χ2n) is 3.01. The van der Waals surface area contributed by atoms with Crippen LogP contribution in [0.4, 0.5) is 0 Å². The molecule has 0 heterocycles. The molecule has 2 heteroatoms. The molecule has 0 spiro atoms. The van der Waals surface area contributed by atoms with E-state index in [0.29, 0.717) is 0 Å². The maximum atomic E-state index is 2.99. The van der Waals surface area contributed by atoms with Gasteiger partial charge in [-0.25, -0.2) is 24.3 Å². The molecule has 0 saturated heterocycles. The zero-order valence-corrected chi connectivity index (χ0v) is 12.3. The van der Waals surface area contributed by atoms with Crippen molar-refractivity contribution in [2.45, 2.75) is 25.9 Å². The molecule has 0 fully saturated rings. The standard InChI is InChI=1S/2C5H5.C2H6Si.Zr.H/c2*1-2-4-5-3-1;1-3-2;;/h2*1-3H,4H2;1-2H3;;/q2*-1;;;-1.